The van der Waals surface area contributed by atoms with Gasteiger partial charge in [0.2, 0.25) is 0 Å². The van der Waals surface area contributed by atoms with Gasteiger partial charge >= 0.3 is 5.97 Å². The fraction of sp³-hybridized carbons (Fsp3) is 0.941. The minimum atomic E-state index is -0.700. The number of carboxylic acids is 1. The van der Waals surface area contributed by atoms with Gasteiger partial charge in [-0.25, -0.2) is 0 Å². The van der Waals surface area contributed by atoms with Gasteiger partial charge in [0.05, 0.1) is 6.42 Å². The molecule has 0 bridgehead atoms. The van der Waals surface area contributed by atoms with Gasteiger partial charge in [-0.2, -0.15) is 0 Å². The fourth-order valence-electron chi connectivity index (χ4n) is 4.29. The Balaban J connectivity index is 2.92. The lowest BCUT2D eigenvalue weighted by molar-refractivity contribution is -0.138. The van der Waals surface area contributed by atoms with Gasteiger partial charge in [-0.1, -0.05) is 27.7 Å². The molecule has 0 aromatic heterocycles. The van der Waals surface area contributed by atoms with Crippen molar-refractivity contribution in [2.45, 2.75) is 85.7 Å². The first-order valence-corrected chi connectivity index (χ1v) is 7.81. The smallest absolute Gasteiger partial charge is 0.304 e. The lowest BCUT2D eigenvalue weighted by Gasteiger charge is -2.52. The molecule has 118 valence electrons. The summed E-state index contributed by atoms with van der Waals surface area (Å²) in [5.41, 5.74) is 0.682. The molecular formula is C17H33NO2. The summed E-state index contributed by atoms with van der Waals surface area (Å²) in [5, 5.41) is 9.01. The molecule has 1 fully saturated rings. The van der Waals surface area contributed by atoms with Crippen molar-refractivity contribution in [3.8, 4) is 0 Å². The predicted octanol–water partition coefficient (Wildman–Crippen LogP) is 4.17. The Morgan fingerprint density at radius 2 is 1.60 bits per heavy atom. The number of carboxylic acid groups (broad SMARTS) is 1. The first-order chi connectivity index (χ1) is 8.82. The van der Waals surface area contributed by atoms with Crippen molar-refractivity contribution >= 4 is 5.97 Å². The highest BCUT2D eigenvalue weighted by Gasteiger charge is 2.42. The van der Waals surface area contributed by atoms with Crippen molar-refractivity contribution in [3.63, 3.8) is 0 Å². The van der Waals surface area contributed by atoms with Crippen LogP contribution in [0.2, 0.25) is 0 Å². The van der Waals surface area contributed by atoms with Gasteiger partial charge in [-0.3, -0.25) is 9.69 Å². The fourth-order valence-corrected chi connectivity index (χ4v) is 4.29. The average Bonchev–Trinajstić information content (AvgIpc) is 2.08. The lowest BCUT2D eigenvalue weighted by atomic mass is 9.63. The van der Waals surface area contributed by atoms with E-state index < -0.39 is 5.97 Å². The van der Waals surface area contributed by atoms with Crippen LogP contribution in [0.3, 0.4) is 0 Å². The van der Waals surface area contributed by atoms with Gasteiger partial charge < -0.3 is 5.11 Å². The van der Waals surface area contributed by atoms with Crippen LogP contribution in [0.25, 0.3) is 0 Å². The van der Waals surface area contributed by atoms with Crippen LogP contribution in [0.15, 0.2) is 0 Å². The zero-order valence-electron chi connectivity index (χ0n) is 14.4. The van der Waals surface area contributed by atoms with Crippen molar-refractivity contribution in [2.24, 2.45) is 10.8 Å². The van der Waals surface area contributed by atoms with Gasteiger partial charge in [-0.05, 0) is 50.9 Å². The van der Waals surface area contributed by atoms with Crippen LogP contribution < -0.4 is 0 Å². The molecule has 0 radical (unpaired) electrons. The van der Waals surface area contributed by atoms with Gasteiger partial charge in [-0.15, -0.1) is 0 Å². The SMILES string of the molecule is CC1(C)CC(N(CCC(=O)O)C(C)(C)C)CC(C)(C)C1. The van der Waals surface area contributed by atoms with Gasteiger partial charge in [0.1, 0.15) is 0 Å². The summed E-state index contributed by atoms with van der Waals surface area (Å²) in [6, 6.07) is 0.480. The number of carbonyl (C=O) groups is 1. The summed E-state index contributed by atoms with van der Waals surface area (Å²) in [6.07, 6.45) is 3.79. The van der Waals surface area contributed by atoms with Crippen molar-refractivity contribution in [3.05, 3.63) is 0 Å². The van der Waals surface area contributed by atoms with E-state index in [2.05, 4.69) is 53.4 Å². The van der Waals surface area contributed by atoms with Crippen molar-refractivity contribution < 1.29 is 9.90 Å². The number of hydrogen-bond acceptors (Lipinski definition) is 2. The van der Waals surface area contributed by atoms with Gasteiger partial charge in [0.25, 0.3) is 0 Å². The summed E-state index contributed by atoms with van der Waals surface area (Å²) >= 11 is 0. The quantitative estimate of drug-likeness (QED) is 0.842. The minimum Gasteiger partial charge on any atom is -0.481 e. The van der Waals surface area contributed by atoms with Crippen molar-refractivity contribution in [1.82, 2.24) is 4.90 Å². The normalized spacial score (nSPS) is 23.0. The molecule has 3 nitrogen and oxygen atoms in total. The first kappa shape index (κ1) is 17.5. The third kappa shape index (κ3) is 5.08. The Bertz CT molecular complexity index is 336. The maximum absolute atomic E-state index is 10.9. The van der Waals surface area contributed by atoms with Crippen LogP contribution in [-0.2, 0) is 4.79 Å². The zero-order valence-corrected chi connectivity index (χ0v) is 14.4. The number of nitrogens with zero attached hydrogens (tertiary/aromatic N) is 1. The Morgan fingerprint density at radius 3 is 1.95 bits per heavy atom. The van der Waals surface area contributed by atoms with Crippen LogP contribution in [0.1, 0.15) is 74.1 Å². The Labute approximate surface area is 124 Å². The molecule has 20 heavy (non-hydrogen) atoms. The van der Waals surface area contributed by atoms with Crippen LogP contribution >= 0.6 is 0 Å². The van der Waals surface area contributed by atoms with Crippen LogP contribution in [0.4, 0.5) is 0 Å². The molecule has 0 spiro atoms. The third-order valence-electron chi connectivity index (χ3n) is 4.40. The summed E-state index contributed by atoms with van der Waals surface area (Å²) in [7, 11) is 0. The van der Waals surface area contributed by atoms with E-state index in [1.165, 1.54) is 6.42 Å². The molecule has 0 saturated heterocycles. The van der Waals surface area contributed by atoms with E-state index in [4.69, 9.17) is 5.11 Å². The molecule has 1 saturated carbocycles. The van der Waals surface area contributed by atoms with E-state index >= 15 is 0 Å². The molecule has 0 aromatic rings. The van der Waals surface area contributed by atoms with E-state index in [1.54, 1.807) is 0 Å². The lowest BCUT2D eigenvalue weighted by Crippen LogP contribution is -2.54. The van der Waals surface area contributed by atoms with E-state index in [-0.39, 0.29) is 12.0 Å². The molecule has 0 unspecified atom stereocenters. The zero-order chi connectivity index (χ0) is 15.8. The molecule has 0 aliphatic heterocycles. The summed E-state index contributed by atoms with van der Waals surface area (Å²) in [4.78, 5) is 13.4. The monoisotopic (exact) mass is 283 g/mol. The topological polar surface area (TPSA) is 40.5 Å². The molecule has 1 aliphatic rings. The highest BCUT2D eigenvalue weighted by molar-refractivity contribution is 5.66. The first-order valence-electron chi connectivity index (χ1n) is 7.81. The molecule has 1 rings (SSSR count). The van der Waals surface area contributed by atoms with E-state index in [0.29, 0.717) is 23.4 Å². The minimum absolute atomic E-state index is 0.0175. The van der Waals surface area contributed by atoms with E-state index in [1.807, 2.05) is 0 Å². The average molecular weight is 283 g/mol. The highest BCUT2D eigenvalue weighted by atomic mass is 16.4. The second kappa shape index (κ2) is 5.67. The molecule has 0 amide bonds. The summed E-state index contributed by atoms with van der Waals surface area (Å²) < 4.78 is 0. The molecule has 0 atom stereocenters. The van der Waals surface area contributed by atoms with Gasteiger partial charge in [0, 0.05) is 18.1 Å². The predicted molar refractivity (Wildman–Crippen MR) is 83.9 cm³/mol. The summed E-state index contributed by atoms with van der Waals surface area (Å²) in [6.45, 7) is 16.6. The number of hydrogen-bond donors (Lipinski definition) is 1. The second-order valence-corrected chi connectivity index (χ2v) is 9.08. The van der Waals surface area contributed by atoms with E-state index in [9.17, 15) is 4.79 Å². The Hall–Kier alpha value is -0.570. The molecular weight excluding hydrogens is 250 g/mol. The van der Waals surface area contributed by atoms with Crippen LogP contribution in [0, 0.1) is 10.8 Å². The highest BCUT2D eigenvalue weighted by Crippen LogP contribution is 2.48. The standard InChI is InChI=1S/C17H33NO2/c1-15(2,3)18(9-8-14(19)20)13-10-16(4,5)12-17(6,7)11-13/h13H,8-12H2,1-7H3,(H,19,20). The molecule has 1 aliphatic carbocycles. The molecule has 0 heterocycles. The third-order valence-corrected chi connectivity index (χ3v) is 4.40. The maximum Gasteiger partial charge on any atom is 0.304 e. The van der Waals surface area contributed by atoms with Crippen molar-refractivity contribution in [1.29, 1.82) is 0 Å². The van der Waals surface area contributed by atoms with Crippen LogP contribution in [-0.4, -0.2) is 34.1 Å². The Kier molecular flexibility index (Phi) is 4.95. The van der Waals surface area contributed by atoms with E-state index in [0.717, 1.165) is 12.8 Å². The largest absolute Gasteiger partial charge is 0.481 e. The Morgan fingerprint density at radius 1 is 1.15 bits per heavy atom. The summed E-state index contributed by atoms with van der Waals surface area (Å²) in [5.74, 6) is -0.700. The maximum atomic E-state index is 10.9. The van der Waals surface area contributed by atoms with Gasteiger partial charge in [0.15, 0.2) is 0 Å². The second-order valence-electron chi connectivity index (χ2n) is 9.08. The van der Waals surface area contributed by atoms with Crippen LogP contribution in [0.5, 0.6) is 0 Å². The molecule has 0 aromatic carbocycles. The molecule has 1 N–H and O–H groups in total. The van der Waals surface area contributed by atoms with Crippen molar-refractivity contribution in [2.75, 3.05) is 6.54 Å². The number of aliphatic carboxylic acids is 1. The number of rotatable bonds is 4. The molecule has 3 heteroatoms.